The van der Waals surface area contributed by atoms with Gasteiger partial charge in [0, 0.05) is 13.1 Å². The second-order valence-corrected chi connectivity index (χ2v) is 5.62. The molecule has 0 aliphatic carbocycles. The third-order valence-corrected chi connectivity index (χ3v) is 4.07. The summed E-state index contributed by atoms with van der Waals surface area (Å²) in [7, 11) is 0. The average Bonchev–Trinajstić information content (AvgIpc) is 3.13. The minimum atomic E-state index is -0.700. The number of rotatable bonds is 5. The van der Waals surface area contributed by atoms with Gasteiger partial charge in [0.2, 0.25) is 0 Å². The van der Waals surface area contributed by atoms with E-state index in [-0.39, 0.29) is 41.0 Å². The largest absolute Gasteiger partial charge is 0.505 e. The summed E-state index contributed by atoms with van der Waals surface area (Å²) in [6.07, 6.45) is 1.90. The molecular weight excluding hydrogens is 312 g/mol. The lowest BCUT2D eigenvalue weighted by molar-refractivity contribution is 0.0790. The Morgan fingerprint density at radius 2 is 1.96 bits per heavy atom. The molecule has 1 fully saturated rings. The number of para-hydroxylation sites is 1. The van der Waals surface area contributed by atoms with Gasteiger partial charge in [-0.25, -0.2) is 0 Å². The third-order valence-electron chi connectivity index (χ3n) is 4.07. The fourth-order valence-electron chi connectivity index (χ4n) is 2.81. The molecule has 1 amide bonds. The summed E-state index contributed by atoms with van der Waals surface area (Å²) in [6.45, 7) is 3.29. The van der Waals surface area contributed by atoms with Crippen molar-refractivity contribution in [3.63, 3.8) is 0 Å². The molecule has 1 heterocycles. The van der Waals surface area contributed by atoms with Crippen molar-refractivity contribution in [2.45, 2.75) is 19.8 Å². The highest BCUT2D eigenvalue weighted by Crippen LogP contribution is 2.33. The second-order valence-electron chi connectivity index (χ2n) is 5.62. The number of phenolic OH excluding ortho intramolecular Hbond substituents is 1. The molecule has 0 saturated carbocycles. The van der Waals surface area contributed by atoms with Crippen LogP contribution in [0.3, 0.4) is 0 Å². The molecule has 1 aliphatic heterocycles. The maximum Gasteiger partial charge on any atom is 0.272 e. The Morgan fingerprint density at radius 1 is 1.25 bits per heavy atom. The van der Waals surface area contributed by atoms with Crippen LogP contribution in [0, 0.1) is 0 Å². The lowest BCUT2D eigenvalue weighted by Crippen LogP contribution is -2.35. The van der Waals surface area contributed by atoms with Gasteiger partial charge >= 0.3 is 0 Å². The zero-order valence-electron chi connectivity index (χ0n) is 13.3. The van der Waals surface area contributed by atoms with Crippen LogP contribution in [0.2, 0.25) is 0 Å². The van der Waals surface area contributed by atoms with E-state index in [2.05, 4.69) is 5.32 Å². The molecule has 2 aromatic carbocycles. The van der Waals surface area contributed by atoms with Crippen LogP contribution in [0.1, 0.15) is 30.1 Å². The van der Waals surface area contributed by atoms with Gasteiger partial charge in [0.1, 0.15) is 5.69 Å². The van der Waals surface area contributed by atoms with Crippen LogP contribution in [0.15, 0.2) is 27.8 Å². The minimum Gasteiger partial charge on any atom is -0.505 e. The number of carbonyl (C=O) groups excluding carboxylic acids is 1. The van der Waals surface area contributed by atoms with Gasteiger partial charge in [-0.15, -0.1) is 0 Å². The predicted octanol–water partition coefficient (Wildman–Crippen LogP) is 1.37. The molecule has 3 rings (SSSR count). The van der Waals surface area contributed by atoms with E-state index in [9.17, 15) is 19.5 Å². The Balaban J connectivity index is 1.89. The number of ether oxygens (including phenoxy) is 1. The Kier molecular flexibility index (Phi) is 4.24. The number of aromatic hydroxyl groups is 1. The monoisotopic (exact) mass is 330 g/mol. The molecule has 0 radical (unpaired) electrons. The smallest absolute Gasteiger partial charge is 0.272 e. The fraction of sp³-hybridized carbons (Fsp3) is 0.353. The van der Waals surface area contributed by atoms with Gasteiger partial charge in [0.05, 0.1) is 17.9 Å². The molecule has 0 aromatic heterocycles. The third kappa shape index (κ3) is 2.62. The van der Waals surface area contributed by atoms with E-state index in [1.807, 2.05) is 0 Å². The normalized spacial score (nSPS) is 14.1. The van der Waals surface area contributed by atoms with Crippen LogP contribution < -0.4 is 20.9 Å². The molecule has 24 heavy (non-hydrogen) atoms. The van der Waals surface area contributed by atoms with Crippen molar-refractivity contribution < 1.29 is 14.6 Å². The van der Waals surface area contributed by atoms with Crippen molar-refractivity contribution in [1.82, 2.24) is 4.90 Å². The summed E-state index contributed by atoms with van der Waals surface area (Å²) in [4.78, 5) is 37.3. The van der Waals surface area contributed by atoms with E-state index < -0.39 is 10.9 Å². The average molecular weight is 330 g/mol. The van der Waals surface area contributed by atoms with Crippen molar-refractivity contribution in [2.24, 2.45) is 0 Å². The van der Waals surface area contributed by atoms with Crippen LogP contribution in [0.4, 0.5) is 11.4 Å². The summed E-state index contributed by atoms with van der Waals surface area (Å²) >= 11 is 0. The first kappa shape index (κ1) is 16.0. The zero-order chi connectivity index (χ0) is 17.3. The number of hydrogen-bond acceptors (Lipinski definition) is 6. The fourth-order valence-corrected chi connectivity index (χ4v) is 2.81. The number of nitrogens with one attached hydrogen (secondary N) is 1. The van der Waals surface area contributed by atoms with Crippen LogP contribution in [-0.4, -0.2) is 35.6 Å². The lowest BCUT2D eigenvalue weighted by atomic mass is 10.1. The van der Waals surface area contributed by atoms with Crippen LogP contribution >= 0.6 is 0 Å². The van der Waals surface area contributed by atoms with Gasteiger partial charge in [0.25, 0.3) is 16.8 Å². The van der Waals surface area contributed by atoms with Crippen molar-refractivity contribution in [1.29, 1.82) is 0 Å². The number of benzene rings is 1. The van der Waals surface area contributed by atoms with Crippen LogP contribution in [-0.2, 0) is 0 Å². The number of anilines is 2. The minimum absolute atomic E-state index is 0.00271. The van der Waals surface area contributed by atoms with Gasteiger partial charge in [-0.05, 0) is 31.9 Å². The van der Waals surface area contributed by atoms with E-state index in [1.165, 1.54) is 12.1 Å². The van der Waals surface area contributed by atoms with Gasteiger partial charge in [-0.2, -0.15) is 0 Å². The Labute approximate surface area is 138 Å². The summed E-state index contributed by atoms with van der Waals surface area (Å²) in [5.41, 5.74) is -1.04. The van der Waals surface area contributed by atoms with Crippen LogP contribution in [0.5, 0.6) is 11.5 Å². The standard InChI is InChI=1S/C17H18N2O5/c1-2-24-16-12(14(21)15(16)22)18-11-7-5-6-10(13(11)20)17(23)19-8-3-4-9-19/h5-7,18,20H,2-4,8-9H2,1H3. The quantitative estimate of drug-likeness (QED) is 0.635. The van der Waals surface area contributed by atoms with E-state index in [1.54, 1.807) is 17.9 Å². The number of amides is 1. The molecule has 0 atom stereocenters. The molecule has 1 saturated heterocycles. The van der Waals surface area contributed by atoms with E-state index in [0.717, 1.165) is 12.8 Å². The van der Waals surface area contributed by atoms with E-state index in [0.29, 0.717) is 13.1 Å². The van der Waals surface area contributed by atoms with Gasteiger partial charge in [-0.3, -0.25) is 14.4 Å². The highest BCUT2D eigenvalue weighted by Gasteiger charge is 2.26. The first-order valence-electron chi connectivity index (χ1n) is 7.89. The number of likely N-dealkylation sites (tertiary alicyclic amines) is 1. The van der Waals surface area contributed by atoms with Gasteiger partial charge in [-0.1, -0.05) is 6.07 Å². The molecule has 2 N–H and O–H groups in total. The summed E-state index contributed by atoms with van der Waals surface area (Å²) in [6, 6.07) is 4.67. The number of hydrogen-bond donors (Lipinski definition) is 2. The molecule has 0 bridgehead atoms. The number of nitrogens with zero attached hydrogens (tertiary/aromatic N) is 1. The molecule has 2 aromatic rings. The summed E-state index contributed by atoms with van der Waals surface area (Å²) in [5.74, 6) is -0.535. The van der Waals surface area contributed by atoms with E-state index >= 15 is 0 Å². The van der Waals surface area contributed by atoms with Crippen molar-refractivity contribution in [3.8, 4) is 11.5 Å². The van der Waals surface area contributed by atoms with E-state index in [4.69, 9.17) is 4.74 Å². The highest BCUT2D eigenvalue weighted by atomic mass is 16.5. The topological polar surface area (TPSA) is 95.9 Å². The Hall–Kier alpha value is -2.83. The second kappa shape index (κ2) is 6.35. The Bertz CT molecular complexity index is 845. The van der Waals surface area contributed by atoms with Gasteiger partial charge < -0.3 is 20.1 Å². The molecule has 7 nitrogen and oxygen atoms in total. The van der Waals surface area contributed by atoms with Crippen molar-refractivity contribution in [2.75, 3.05) is 25.0 Å². The SMILES string of the molecule is CCOc1c(Nc2cccc(C(=O)N3CCCC3)c2O)c(=O)c1=O. The maximum atomic E-state index is 12.5. The van der Waals surface area contributed by atoms with Crippen LogP contribution in [0.25, 0.3) is 0 Å². The maximum absolute atomic E-state index is 12.5. The van der Waals surface area contributed by atoms with Crippen molar-refractivity contribution in [3.05, 3.63) is 44.2 Å². The molecular formula is C17H18N2O5. The number of carbonyl (C=O) groups is 1. The molecule has 0 unspecified atom stereocenters. The number of phenols is 1. The lowest BCUT2D eigenvalue weighted by Gasteiger charge is -2.18. The highest BCUT2D eigenvalue weighted by molar-refractivity contribution is 5.99. The predicted molar refractivity (Wildman–Crippen MR) is 89.1 cm³/mol. The Morgan fingerprint density at radius 3 is 2.62 bits per heavy atom. The molecule has 126 valence electrons. The van der Waals surface area contributed by atoms with Gasteiger partial charge in [0.15, 0.2) is 11.5 Å². The molecule has 7 heteroatoms. The molecule has 1 aliphatic rings. The van der Waals surface area contributed by atoms with Crippen molar-refractivity contribution >= 4 is 17.3 Å². The summed E-state index contributed by atoms with van der Waals surface area (Å²) < 4.78 is 5.13. The first-order valence-corrected chi connectivity index (χ1v) is 7.89. The first-order chi connectivity index (χ1) is 11.5. The summed E-state index contributed by atoms with van der Waals surface area (Å²) in [5, 5.41) is 13.1. The zero-order valence-corrected chi connectivity index (χ0v) is 13.3. The molecule has 0 spiro atoms.